The molecule has 2 fully saturated rings. The first-order valence-electron chi connectivity index (χ1n) is 7.06. The molecule has 0 aromatic carbocycles. The molecule has 1 N–H and O–H groups in total. The van der Waals surface area contributed by atoms with E-state index in [1.54, 1.807) is 0 Å². The summed E-state index contributed by atoms with van der Waals surface area (Å²) >= 11 is 0. The molecule has 3 unspecified atom stereocenters. The van der Waals surface area contributed by atoms with Crippen molar-refractivity contribution in [3.8, 4) is 0 Å². The van der Waals surface area contributed by atoms with Crippen LogP contribution in [0.5, 0.6) is 0 Å². The first kappa shape index (κ1) is 12.4. The maximum absolute atomic E-state index is 11.4. The molecule has 1 heteroatoms. The van der Waals surface area contributed by atoms with Gasteiger partial charge in [0.25, 0.3) is 0 Å². The Kier molecular flexibility index (Phi) is 2.70. The summed E-state index contributed by atoms with van der Waals surface area (Å²) in [5, 5.41) is 11.4. The summed E-state index contributed by atoms with van der Waals surface area (Å²) < 4.78 is 0. The zero-order valence-electron chi connectivity index (χ0n) is 11.6. The highest BCUT2D eigenvalue weighted by molar-refractivity contribution is 5.19. The molecule has 1 nitrogen and oxygen atoms in total. The molecule has 0 aliphatic heterocycles. The van der Waals surface area contributed by atoms with Crippen LogP contribution in [0.3, 0.4) is 0 Å². The minimum Gasteiger partial charge on any atom is -0.388 e. The van der Waals surface area contributed by atoms with Gasteiger partial charge in [-0.1, -0.05) is 47.5 Å². The zero-order chi connectivity index (χ0) is 12.2. The SMILES string of the molecule is CCC(CC)C1(O)C2(C)CCC(C2)C1(C)C. The number of hydrogen-bond acceptors (Lipinski definition) is 1. The van der Waals surface area contributed by atoms with Crippen LogP contribution in [0.2, 0.25) is 0 Å². The van der Waals surface area contributed by atoms with E-state index in [0.717, 1.165) is 18.8 Å². The fourth-order valence-electron chi connectivity index (χ4n) is 5.19. The van der Waals surface area contributed by atoms with Gasteiger partial charge in [0.05, 0.1) is 5.60 Å². The van der Waals surface area contributed by atoms with E-state index in [0.29, 0.717) is 5.92 Å². The summed E-state index contributed by atoms with van der Waals surface area (Å²) in [6.45, 7) is 11.4. The quantitative estimate of drug-likeness (QED) is 0.768. The van der Waals surface area contributed by atoms with Gasteiger partial charge >= 0.3 is 0 Å². The molecule has 2 aliphatic carbocycles. The van der Waals surface area contributed by atoms with Gasteiger partial charge in [0.15, 0.2) is 0 Å². The van der Waals surface area contributed by atoms with Gasteiger partial charge < -0.3 is 5.11 Å². The number of fused-ring (bicyclic) bond motifs is 2. The lowest BCUT2D eigenvalue weighted by atomic mass is 9.54. The third-order valence-electron chi connectivity index (χ3n) is 6.24. The normalized spacial score (nSPS) is 45.6. The number of rotatable bonds is 3. The van der Waals surface area contributed by atoms with Crippen molar-refractivity contribution in [3.63, 3.8) is 0 Å². The van der Waals surface area contributed by atoms with E-state index in [1.807, 2.05) is 0 Å². The van der Waals surface area contributed by atoms with Gasteiger partial charge in [0.1, 0.15) is 0 Å². The van der Waals surface area contributed by atoms with Gasteiger partial charge in [0, 0.05) is 0 Å². The van der Waals surface area contributed by atoms with E-state index in [-0.39, 0.29) is 10.8 Å². The monoisotopic (exact) mass is 224 g/mol. The standard InChI is InChI=1S/C15H28O/c1-6-11(7-2)15(16)13(3,4)12-8-9-14(15,5)10-12/h11-12,16H,6-10H2,1-5H3. The molecule has 2 rings (SSSR count). The Balaban J connectivity index is 2.44. The molecule has 0 spiro atoms. The number of aliphatic hydroxyl groups is 1. The summed E-state index contributed by atoms with van der Waals surface area (Å²) in [6.07, 6.45) is 6.02. The van der Waals surface area contributed by atoms with E-state index in [2.05, 4.69) is 34.6 Å². The topological polar surface area (TPSA) is 20.2 Å². The van der Waals surface area contributed by atoms with Crippen LogP contribution in [0, 0.1) is 22.7 Å². The van der Waals surface area contributed by atoms with Crippen LogP contribution in [0.1, 0.15) is 66.7 Å². The average Bonchev–Trinajstić information content (AvgIpc) is 2.68. The van der Waals surface area contributed by atoms with E-state index >= 15 is 0 Å². The molecule has 0 aromatic heterocycles. The maximum atomic E-state index is 11.4. The van der Waals surface area contributed by atoms with Crippen LogP contribution < -0.4 is 0 Å². The second-order valence-corrected chi connectivity index (χ2v) is 7.00. The average molecular weight is 224 g/mol. The van der Waals surface area contributed by atoms with Crippen LogP contribution in [0.15, 0.2) is 0 Å². The Morgan fingerprint density at radius 1 is 1.19 bits per heavy atom. The van der Waals surface area contributed by atoms with Crippen molar-refractivity contribution in [1.82, 2.24) is 0 Å². The molecule has 0 saturated heterocycles. The Hall–Kier alpha value is -0.0400. The fourth-order valence-corrected chi connectivity index (χ4v) is 5.19. The summed E-state index contributed by atoms with van der Waals surface area (Å²) in [4.78, 5) is 0. The van der Waals surface area contributed by atoms with E-state index < -0.39 is 5.60 Å². The number of hydrogen-bond donors (Lipinski definition) is 1. The smallest absolute Gasteiger partial charge is 0.0782 e. The van der Waals surface area contributed by atoms with Crippen LogP contribution in [0.25, 0.3) is 0 Å². The molecule has 0 aromatic rings. The minimum atomic E-state index is -0.438. The molecule has 2 bridgehead atoms. The van der Waals surface area contributed by atoms with Crippen molar-refractivity contribution >= 4 is 0 Å². The lowest BCUT2D eigenvalue weighted by molar-refractivity contribution is -0.182. The fraction of sp³-hybridized carbons (Fsp3) is 1.00. The largest absolute Gasteiger partial charge is 0.388 e. The van der Waals surface area contributed by atoms with Gasteiger partial charge in [-0.3, -0.25) is 0 Å². The summed E-state index contributed by atoms with van der Waals surface area (Å²) in [5.41, 5.74) is -0.152. The maximum Gasteiger partial charge on any atom is 0.0782 e. The van der Waals surface area contributed by atoms with E-state index in [9.17, 15) is 5.11 Å². The molecule has 0 amide bonds. The van der Waals surface area contributed by atoms with E-state index in [4.69, 9.17) is 0 Å². The second kappa shape index (κ2) is 3.48. The van der Waals surface area contributed by atoms with Gasteiger partial charge in [-0.15, -0.1) is 0 Å². The van der Waals surface area contributed by atoms with Crippen molar-refractivity contribution in [2.45, 2.75) is 72.3 Å². The lowest BCUT2D eigenvalue weighted by Crippen LogP contribution is -2.58. The molecule has 94 valence electrons. The van der Waals surface area contributed by atoms with Gasteiger partial charge in [-0.25, -0.2) is 0 Å². The Labute approximate surface area is 101 Å². The molecular weight excluding hydrogens is 196 g/mol. The third-order valence-corrected chi connectivity index (χ3v) is 6.24. The van der Waals surface area contributed by atoms with Crippen LogP contribution in [0.4, 0.5) is 0 Å². The lowest BCUT2D eigenvalue weighted by Gasteiger charge is -2.54. The Bertz CT molecular complexity index is 272. The van der Waals surface area contributed by atoms with Crippen LogP contribution in [-0.4, -0.2) is 10.7 Å². The predicted molar refractivity (Wildman–Crippen MR) is 68.3 cm³/mol. The highest BCUT2D eigenvalue weighted by Gasteiger charge is 2.69. The van der Waals surface area contributed by atoms with Crippen molar-refractivity contribution < 1.29 is 5.11 Å². The van der Waals surface area contributed by atoms with Gasteiger partial charge in [-0.2, -0.15) is 0 Å². The molecule has 3 atom stereocenters. The minimum absolute atomic E-state index is 0.108. The summed E-state index contributed by atoms with van der Waals surface area (Å²) in [6, 6.07) is 0. The van der Waals surface area contributed by atoms with Gasteiger partial charge in [-0.05, 0) is 41.9 Å². The Morgan fingerprint density at radius 3 is 2.12 bits per heavy atom. The summed E-state index contributed by atoms with van der Waals surface area (Å²) in [7, 11) is 0. The van der Waals surface area contributed by atoms with Crippen molar-refractivity contribution in [3.05, 3.63) is 0 Å². The first-order valence-corrected chi connectivity index (χ1v) is 7.06. The van der Waals surface area contributed by atoms with Crippen molar-refractivity contribution in [2.24, 2.45) is 22.7 Å². The predicted octanol–water partition coefficient (Wildman–Crippen LogP) is 4.00. The molecule has 0 radical (unpaired) electrons. The molecular formula is C15H28O. The van der Waals surface area contributed by atoms with Gasteiger partial charge in [0.2, 0.25) is 0 Å². The highest BCUT2D eigenvalue weighted by Crippen LogP contribution is 2.70. The molecule has 0 heterocycles. The first-order chi connectivity index (χ1) is 7.33. The molecule has 2 aliphatic rings. The second-order valence-electron chi connectivity index (χ2n) is 7.00. The van der Waals surface area contributed by atoms with Crippen LogP contribution >= 0.6 is 0 Å². The molecule has 2 saturated carbocycles. The Morgan fingerprint density at radius 2 is 1.75 bits per heavy atom. The highest BCUT2D eigenvalue weighted by atomic mass is 16.3. The zero-order valence-corrected chi connectivity index (χ0v) is 11.6. The van der Waals surface area contributed by atoms with Crippen molar-refractivity contribution in [2.75, 3.05) is 0 Å². The van der Waals surface area contributed by atoms with Crippen LogP contribution in [-0.2, 0) is 0 Å². The van der Waals surface area contributed by atoms with E-state index in [1.165, 1.54) is 19.3 Å². The molecule has 16 heavy (non-hydrogen) atoms. The third kappa shape index (κ3) is 1.16. The summed E-state index contributed by atoms with van der Waals surface area (Å²) in [5.74, 6) is 1.21. The van der Waals surface area contributed by atoms with Crippen molar-refractivity contribution in [1.29, 1.82) is 0 Å².